The number of ketones is 2. The number of carbonyl (C=O) groups is 2. The first-order valence-electron chi connectivity index (χ1n) is 8.82. The van der Waals surface area contributed by atoms with Gasteiger partial charge in [0.15, 0.2) is 0 Å². The minimum Gasteiger partial charge on any atom is -0.299 e. The summed E-state index contributed by atoms with van der Waals surface area (Å²) in [6.07, 6.45) is 4.58. The maximum absolute atomic E-state index is 11.3. The van der Waals surface area contributed by atoms with E-state index in [1.54, 1.807) is 0 Å². The molecule has 0 unspecified atom stereocenters. The van der Waals surface area contributed by atoms with Crippen LogP contribution in [0.5, 0.6) is 0 Å². The summed E-state index contributed by atoms with van der Waals surface area (Å²) in [5, 5.41) is 0. The van der Waals surface area contributed by atoms with Crippen molar-refractivity contribution in [2.24, 2.45) is 0 Å². The highest BCUT2D eigenvalue weighted by Gasteiger charge is 2.17. The van der Waals surface area contributed by atoms with Gasteiger partial charge < -0.3 is 0 Å². The van der Waals surface area contributed by atoms with Crippen LogP contribution >= 0.6 is 15.9 Å². The molecule has 2 aromatic rings. The van der Waals surface area contributed by atoms with Crippen molar-refractivity contribution < 1.29 is 9.59 Å². The monoisotopic (exact) mass is 398 g/mol. The van der Waals surface area contributed by atoms with Gasteiger partial charge in [-0.2, -0.15) is 0 Å². The molecule has 0 N–H and O–H groups in total. The smallest absolute Gasteiger partial charge is 0.137 e. The molecule has 0 spiro atoms. The van der Waals surface area contributed by atoms with Crippen LogP contribution in [-0.4, -0.2) is 11.6 Å². The number of halogens is 1. The second kappa shape index (κ2) is 7.65. The molecular weight excluding hydrogens is 376 g/mol. The van der Waals surface area contributed by atoms with Crippen LogP contribution in [-0.2, 0) is 35.3 Å². The quantitative estimate of drug-likeness (QED) is 0.634. The topological polar surface area (TPSA) is 34.1 Å². The largest absolute Gasteiger partial charge is 0.299 e. The maximum Gasteiger partial charge on any atom is 0.137 e. The Morgan fingerprint density at radius 2 is 1.36 bits per heavy atom. The van der Waals surface area contributed by atoms with Crippen molar-refractivity contribution in [3.8, 4) is 0 Å². The fourth-order valence-electron chi connectivity index (χ4n) is 3.69. The molecule has 2 nitrogen and oxygen atoms in total. The fraction of sp³-hybridized carbons (Fsp3) is 0.364. The van der Waals surface area contributed by atoms with Crippen LogP contribution in [0.2, 0.25) is 0 Å². The van der Waals surface area contributed by atoms with E-state index in [-0.39, 0.29) is 0 Å². The minimum atomic E-state index is 0.373. The maximum atomic E-state index is 11.3. The number of hydrogen-bond donors (Lipinski definition) is 0. The first-order valence-corrected chi connectivity index (χ1v) is 9.62. The molecule has 3 heteroatoms. The van der Waals surface area contributed by atoms with Crippen molar-refractivity contribution in [3.05, 3.63) is 68.2 Å². The molecule has 2 aliphatic carbocycles. The molecular formula is C22H23BrO2. The van der Waals surface area contributed by atoms with Crippen molar-refractivity contribution in [3.63, 3.8) is 0 Å². The summed E-state index contributed by atoms with van der Waals surface area (Å²) in [6.45, 7) is 4.15. The van der Waals surface area contributed by atoms with Crippen LogP contribution in [0.15, 0.2) is 34.8 Å². The number of carbonyl (C=O) groups excluding carboxylic acids is 2. The Hall–Kier alpha value is -1.74. The predicted molar refractivity (Wildman–Crippen MR) is 104 cm³/mol. The lowest BCUT2D eigenvalue weighted by atomic mass is 9.88. The number of hydrogen-bond acceptors (Lipinski definition) is 2. The van der Waals surface area contributed by atoms with Crippen molar-refractivity contribution in [1.82, 2.24) is 0 Å². The third-order valence-corrected chi connectivity index (χ3v) is 5.59. The lowest BCUT2D eigenvalue weighted by molar-refractivity contribution is -0.119. The predicted octanol–water partition coefficient (Wildman–Crippen LogP) is 4.87. The number of fused-ring (bicyclic) bond motifs is 2. The highest BCUT2D eigenvalue weighted by molar-refractivity contribution is 9.10. The van der Waals surface area contributed by atoms with Crippen LogP contribution < -0.4 is 0 Å². The van der Waals surface area contributed by atoms with E-state index in [0.29, 0.717) is 30.8 Å². The van der Waals surface area contributed by atoms with Gasteiger partial charge in [-0.25, -0.2) is 0 Å². The molecule has 0 heterocycles. The van der Waals surface area contributed by atoms with Crippen molar-refractivity contribution in [1.29, 1.82) is 0 Å². The normalized spacial score (nSPS) is 15.8. The standard InChI is InChI=1S/C11H11BrO.C11H12O/c1-7-4-9(12)5-8-2-3-10(13)6-11(7)8;1-8-3-2-4-9-5-6-10(12)7-11(8)9/h4-5H,2-3,6H2,1H3;2-4H,5-7H2,1H3. The van der Waals surface area contributed by atoms with Gasteiger partial charge in [0, 0.05) is 30.2 Å². The SMILES string of the molecule is Cc1cc(Br)cc2c1CC(=O)CC2.Cc1cccc2c1CC(=O)CC2. The molecule has 0 saturated heterocycles. The molecule has 2 aromatic carbocycles. The molecule has 130 valence electrons. The van der Waals surface area contributed by atoms with Crippen molar-refractivity contribution in [2.75, 3.05) is 0 Å². The van der Waals surface area contributed by atoms with Crippen molar-refractivity contribution in [2.45, 2.75) is 52.4 Å². The Kier molecular flexibility index (Phi) is 5.53. The second-order valence-corrected chi connectivity index (χ2v) is 7.92. The number of benzene rings is 2. The second-order valence-electron chi connectivity index (χ2n) is 7.00. The lowest BCUT2D eigenvalue weighted by Gasteiger charge is -2.17. The zero-order chi connectivity index (χ0) is 18.0. The summed E-state index contributed by atoms with van der Waals surface area (Å²) in [7, 11) is 0. The van der Waals surface area contributed by atoms with Gasteiger partial charge in [-0.3, -0.25) is 9.59 Å². The summed E-state index contributed by atoms with van der Waals surface area (Å²) >= 11 is 3.47. The van der Waals surface area contributed by atoms with Gasteiger partial charge in [0.1, 0.15) is 11.6 Å². The molecule has 0 fully saturated rings. The van der Waals surface area contributed by atoms with Gasteiger partial charge in [-0.15, -0.1) is 0 Å². The van der Waals surface area contributed by atoms with E-state index in [1.165, 1.54) is 33.4 Å². The number of Topliss-reactive ketones (excluding diaryl/α,β-unsaturated/α-hetero) is 2. The van der Waals surface area contributed by atoms with Gasteiger partial charge in [0.2, 0.25) is 0 Å². The summed E-state index contributed by atoms with van der Waals surface area (Å²) in [5.41, 5.74) is 7.73. The Morgan fingerprint density at radius 3 is 2.04 bits per heavy atom. The van der Waals surface area contributed by atoms with Crippen molar-refractivity contribution >= 4 is 27.5 Å². The third-order valence-electron chi connectivity index (χ3n) is 5.13. The van der Waals surface area contributed by atoms with E-state index in [2.05, 4.69) is 60.1 Å². The Bertz CT molecular complexity index is 836. The fourth-order valence-corrected chi connectivity index (χ4v) is 4.31. The summed E-state index contributed by atoms with van der Waals surface area (Å²) in [5.74, 6) is 0.759. The zero-order valence-corrected chi connectivity index (χ0v) is 16.4. The summed E-state index contributed by atoms with van der Waals surface area (Å²) < 4.78 is 1.12. The Morgan fingerprint density at radius 1 is 0.760 bits per heavy atom. The average molecular weight is 399 g/mol. The third kappa shape index (κ3) is 4.27. The van der Waals surface area contributed by atoms with Gasteiger partial charge in [-0.1, -0.05) is 34.1 Å². The molecule has 4 rings (SSSR count). The molecule has 0 saturated carbocycles. The average Bonchev–Trinajstić information content (AvgIpc) is 2.57. The van der Waals surface area contributed by atoms with Gasteiger partial charge in [0.05, 0.1) is 0 Å². The van der Waals surface area contributed by atoms with E-state index in [1.807, 2.05) is 0 Å². The van der Waals surface area contributed by atoms with E-state index in [9.17, 15) is 9.59 Å². The molecule has 0 radical (unpaired) electrons. The summed E-state index contributed by atoms with van der Waals surface area (Å²) in [4.78, 5) is 22.4. The van der Waals surface area contributed by atoms with Crippen LogP contribution in [0.1, 0.15) is 46.2 Å². The molecule has 0 aromatic heterocycles. The Balaban J connectivity index is 0.000000146. The van der Waals surface area contributed by atoms with Crippen LogP contribution in [0.3, 0.4) is 0 Å². The lowest BCUT2D eigenvalue weighted by Crippen LogP contribution is -2.14. The van der Waals surface area contributed by atoms with Crippen LogP contribution in [0.4, 0.5) is 0 Å². The van der Waals surface area contributed by atoms with E-state index < -0.39 is 0 Å². The molecule has 0 amide bonds. The number of rotatable bonds is 0. The van der Waals surface area contributed by atoms with E-state index in [4.69, 9.17) is 0 Å². The van der Waals surface area contributed by atoms with Gasteiger partial charge >= 0.3 is 0 Å². The first kappa shape index (κ1) is 18.1. The molecule has 25 heavy (non-hydrogen) atoms. The van der Waals surface area contributed by atoms with E-state index in [0.717, 1.165) is 23.7 Å². The molecule has 0 atom stereocenters. The molecule has 2 aliphatic rings. The number of aryl methyl sites for hydroxylation is 4. The van der Waals surface area contributed by atoms with Crippen LogP contribution in [0.25, 0.3) is 0 Å². The highest BCUT2D eigenvalue weighted by atomic mass is 79.9. The van der Waals surface area contributed by atoms with Gasteiger partial charge in [-0.05, 0) is 72.2 Å². The van der Waals surface area contributed by atoms with Crippen LogP contribution in [0, 0.1) is 13.8 Å². The minimum absolute atomic E-state index is 0.373. The molecule has 0 bridgehead atoms. The van der Waals surface area contributed by atoms with E-state index >= 15 is 0 Å². The zero-order valence-electron chi connectivity index (χ0n) is 14.8. The molecule has 0 aliphatic heterocycles. The first-order chi connectivity index (χ1) is 11.9. The summed E-state index contributed by atoms with van der Waals surface area (Å²) in [6, 6.07) is 10.5. The Labute approximate surface area is 157 Å². The highest BCUT2D eigenvalue weighted by Crippen LogP contribution is 2.26. The van der Waals surface area contributed by atoms with Gasteiger partial charge in [0.25, 0.3) is 0 Å².